The zero-order chi connectivity index (χ0) is 15.8. The number of hydrogen-bond donors (Lipinski definition) is 2. The molecule has 0 fully saturated rings. The molecular formula is C16H27FN4. The van der Waals surface area contributed by atoms with E-state index in [1.165, 1.54) is 12.1 Å². The Hall–Kier alpha value is -1.62. The van der Waals surface area contributed by atoms with E-state index < -0.39 is 0 Å². The Balaban J connectivity index is 2.84. The van der Waals surface area contributed by atoms with E-state index >= 15 is 0 Å². The first-order valence-electron chi connectivity index (χ1n) is 7.40. The van der Waals surface area contributed by atoms with Crippen LogP contribution in [0.1, 0.15) is 32.4 Å². The molecule has 0 bridgehead atoms. The van der Waals surface area contributed by atoms with Gasteiger partial charge in [-0.25, -0.2) is 4.39 Å². The van der Waals surface area contributed by atoms with Gasteiger partial charge in [-0.3, -0.25) is 4.99 Å². The molecule has 1 atom stereocenters. The molecule has 1 unspecified atom stereocenters. The maximum Gasteiger partial charge on any atom is 0.191 e. The lowest BCUT2D eigenvalue weighted by Crippen LogP contribution is -2.41. The predicted octanol–water partition coefficient (Wildman–Crippen LogP) is 2.39. The average molecular weight is 294 g/mol. The Morgan fingerprint density at radius 3 is 2.33 bits per heavy atom. The van der Waals surface area contributed by atoms with Crippen molar-refractivity contribution in [1.29, 1.82) is 0 Å². The van der Waals surface area contributed by atoms with E-state index in [9.17, 15) is 4.39 Å². The molecule has 0 aliphatic rings. The van der Waals surface area contributed by atoms with Crippen LogP contribution >= 0.6 is 0 Å². The van der Waals surface area contributed by atoms with Gasteiger partial charge in [-0.15, -0.1) is 0 Å². The van der Waals surface area contributed by atoms with Gasteiger partial charge in [-0.2, -0.15) is 0 Å². The molecule has 2 N–H and O–H groups in total. The summed E-state index contributed by atoms with van der Waals surface area (Å²) < 4.78 is 13.0. The summed E-state index contributed by atoms with van der Waals surface area (Å²) in [6.07, 6.45) is 0. The number of guanidine groups is 1. The van der Waals surface area contributed by atoms with Crippen LogP contribution in [0.25, 0.3) is 0 Å². The highest BCUT2D eigenvalue weighted by atomic mass is 19.1. The highest BCUT2D eigenvalue weighted by molar-refractivity contribution is 5.80. The number of rotatable bonds is 6. The standard InChI is InChI=1S/C16H27FN4/c1-6-18-16(20-12(2)3)19-11-15(21(4)5)13-7-9-14(17)10-8-13/h7-10,12,15H,6,11H2,1-5H3,(H2,18,19,20). The zero-order valence-corrected chi connectivity index (χ0v) is 13.7. The van der Waals surface area contributed by atoms with Gasteiger partial charge in [0.2, 0.25) is 0 Å². The fourth-order valence-electron chi connectivity index (χ4n) is 2.02. The molecule has 0 aromatic heterocycles. The lowest BCUT2D eigenvalue weighted by molar-refractivity contribution is 0.306. The maximum atomic E-state index is 13.0. The van der Waals surface area contributed by atoms with Gasteiger partial charge in [-0.05, 0) is 52.6 Å². The van der Waals surface area contributed by atoms with E-state index in [0.29, 0.717) is 12.6 Å². The fraction of sp³-hybridized carbons (Fsp3) is 0.562. The van der Waals surface area contributed by atoms with E-state index in [0.717, 1.165) is 18.1 Å². The molecule has 118 valence electrons. The smallest absolute Gasteiger partial charge is 0.191 e. The number of halogens is 1. The number of aliphatic imine (C=N–C) groups is 1. The first-order valence-corrected chi connectivity index (χ1v) is 7.40. The van der Waals surface area contributed by atoms with Crippen molar-refractivity contribution in [3.8, 4) is 0 Å². The van der Waals surface area contributed by atoms with Gasteiger partial charge in [0.05, 0.1) is 12.6 Å². The van der Waals surface area contributed by atoms with Crippen LogP contribution in [-0.2, 0) is 0 Å². The normalized spacial score (nSPS) is 13.6. The third-order valence-electron chi connectivity index (χ3n) is 3.07. The molecule has 0 aliphatic heterocycles. The molecule has 0 radical (unpaired) electrons. The van der Waals surface area contributed by atoms with Gasteiger partial charge < -0.3 is 15.5 Å². The Morgan fingerprint density at radius 1 is 1.24 bits per heavy atom. The van der Waals surface area contributed by atoms with E-state index in [1.807, 2.05) is 33.2 Å². The number of likely N-dealkylation sites (N-methyl/N-ethyl adjacent to an activating group) is 1. The highest BCUT2D eigenvalue weighted by Gasteiger charge is 2.14. The highest BCUT2D eigenvalue weighted by Crippen LogP contribution is 2.18. The van der Waals surface area contributed by atoms with E-state index in [-0.39, 0.29) is 11.9 Å². The van der Waals surface area contributed by atoms with Crippen LogP contribution in [0.2, 0.25) is 0 Å². The number of nitrogens with zero attached hydrogens (tertiary/aromatic N) is 2. The monoisotopic (exact) mass is 294 g/mol. The molecule has 21 heavy (non-hydrogen) atoms. The molecular weight excluding hydrogens is 267 g/mol. The van der Waals surface area contributed by atoms with Gasteiger partial charge in [-0.1, -0.05) is 12.1 Å². The Labute approximate surface area is 127 Å². The number of benzene rings is 1. The van der Waals surface area contributed by atoms with Crippen LogP contribution in [0.15, 0.2) is 29.3 Å². The summed E-state index contributed by atoms with van der Waals surface area (Å²) in [7, 11) is 4.01. The van der Waals surface area contributed by atoms with E-state index in [2.05, 4.69) is 34.4 Å². The van der Waals surface area contributed by atoms with Crippen molar-refractivity contribution >= 4 is 5.96 Å². The van der Waals surface area contributed by atoms with Crippen LogP contribution in [0.5, 0.6) is 0 Å². The van der Waals surface area contributed by atoms with Gasteiger partial charge in [0.15, 0.2) is 5.96 Å². The SMILES string of the molecule is CCNC(=NCC(c1ccc(F)cc1)N(C)C)NC(C)C. The summed E-state index contributed by atoms with van der Waals surface area (Å²) in [6.45, 7) is 7.63. The summed E-state index contributed by atoms with van der Waals surface area (Å²) in [6, 6.07) is 7.07. The Kier molecular flexibility index (Phi) is 7.15. The molecule has 0 aliphatic carbocycles. The number of hydrogen-bond acceptors (Lipinski definition) is 2. The maximum absolute atomic E-state index is 13.0. The lowest BCUT2D eigenvalue weighted by atomic mass is 10.1. The molecule has 4 nitrogen and oxygen atoms in total. The van der Waals surface area contributed by atoms with Crippen molar-refractivity contribution in [3.63, 3.8) is 0 Å². The van der Waals surface area contributed by atoms with Crippen molar-refractivity contribution in [1.82, 2.24) is 15.5 Å². The largest absolute Gasteiger partial charge is 0.357 e. The molecule has 1 aromatic rings. The van der Waals surface area contributed by atoms with Gasteiger partial charge in [0.25, 0.3) is 0 Å². The molecule has 0 saturated carbocycles. The Bertz CT molecular complexity index is 440. The first-order chi connectivity index (χ1) is 9.93. The molecule has 0 heterocycles. The van der Waals surface area contributed by atoms with Crippen LogP contribution in [0.3, 0.4) is 0 Å². The summed E-state index contributed by atoms with van der Waals surface area (Å²) >= 11 is 0. The number of nitrogens with one attached hydrogen (secondary N) is 2. The van der Waals surface area contributed by atoms with E-state index in [1.54, 1.807) is 0 Å². The summed E-state index contributed by atoms with van der Waals surface area (Å²) in [5, 5.41) is 6.53. The topological polar surface area (TPSA) is 39.7 Å². The third kappa shape index (κ3) is 6.12. The summed E-state index contributed by atoms with van der Waals surface area (Å²) in [4.78, 5) is 6.73. The van der Waals surface area contributed by atoms with Crippen molar-refractivity contribution in [2.24, 2.45) is 4.99 Å². The van der Waals surface area contributed by atoms with Crippen molar-refractivity contribution in [2.45, 2.75) is 32.9 Å². The lowest BCUT2D eigenvalue weighted by Gasteiger charge is -2.24. The zero-order valence-electron chi connectivity index (χ0n) is 13.7. The molecule has 0 spiro atoms. The minimum atomic E-state index is -0.213. The molecule has 1 aromatic carbocycles. The molecule has 1 rings (SSSR count). The second-order valence-electron chi connectivity index (χ2n) is 5.55. The second kappa shape index (κ2) is 8.62. The van der Waals surface area contributed by atoms with Crippen LogP contribution in [-0.4, -0.2) is 44.1 Å². The van der Waals surface area contributed by atoms with Gasteiger partial charge >= 0.3 is 0 Å². The first kappa shape index (κ1) is 17.4. The summed E-state index contributed by atoms with van der Waals surface area (Å²) in [5.41, 5.74) is 1.06. The van der Waals surface area contributed by atoms with Crippen LogP contribution in [0.4, 0.5) is 4.39 Å². The van der Waals surface area contributed by atoms with Crippen molar-refractivity contribution in [2.75, 3.05) is 27.2 Å². The summed E-state index contributed by atoms with van der Waals surface area (Å²) in [5.74, 6) is 0.594. The molecule has 0 saturated heterocycles. The van der Waals surface area contributed by atoms with Crippen molar-refractivity contribution < 1.29 is 4.39 Å². The Morgan fingerprint density at radius 2 is 1.86 bits per heavy atom. The predicted molar refractivity (Wildman–Crippen MR) is 87.1 cm³/mol. The van der Waals surface area contributed by atoms with Crippen LogP contribution < -0.4 is 10.6 Å². The van der Waals surface area contributed by atoms with Crippen LogP contribution in [0, 0.1) is 5.82 Å². The van der Waals surface area contributed by atoms with Gasteiger partial charge in [0, 0.05) is 12.6 Å². The minimum absolute atomic E-state index is 0.119. The van der Waals surface area contributed by atoms with Crippen molar-refractivity contribution in [3.05, 3.63) is 35.6 Å². The fourth-order valence-corrected chi connectivity index (χ4v) is 2.02. The molecule has 0 amide bonds. The average Bonchev–Trinajstić information content (AvgIpc) is 2.40. The van der Waals surface area contributed by atoms with E-state index in [4.69, 9.17) is 0 Å². The van der Waals surface area contributed by atoms with Gasteiger partial charge in [0.1, 0.15) is 5.82 Å². The molecule has 5 heteroatoms. The second-order valence-corrected chi connectivity index (χ2v) is 5.55. The minimum Gasteiger partial charge on any atom is -0.357 e. The quantitative estimate of drug-likeness (QED) is 0.625. The third-order valence-corrected chi connectivity index (χ3v) is 3.07.